The second-order valence-electron chi connectivity index (χ2n) is 20.6. The third-order valence-electron chi connectivity index (χ3n) is 16.5. The fourth-order valence-electron chi connectivity index (χ4n) is 13.3. The summed E-state index contributed by atoms with van der Waals surface area (Å²) in [5.41, 5.74) is 17.3. The van der Waals surface area contributed by atoms with Gasteiger partial charge in [-0.25, -0.2) is 0 Å². The average molecular weight is 1010 g/mol. The second kappa shape index (κ2) is 16.7. The van der Waals surface area contributed by atoms with Crippen LogP contribution in [0.3, 0.4) is 0 Å². The average Bonchev–Trinajstić information content (AvgIpc) is 3.41. The van der Waals surface area contributed by atoms with Crippen LogP contribution in [0, 0.1) is 0 Å². The summed E-state index contributed by atoms with van der Waals surface area (Å²) in [5, 5.41) is 8.16. The van der Waals surface area contributed by atoms with Crippen LogP contribution in [0.15, 0.2) is 285 Å². The van der Waals surface area contributed by atoms with Crippen LogP contribution in [0.5, 0.6) is 0 Å². The molecule has 0 bridgehead atoms. The first-order valence-electron chi connectivity index (χ1n) is 26.8. The van der Waals surface area contributed by atoms with Gasteiger partial charge in [0, 0.05) is 54.8 Å². The van der Waals surface area contributed by atoms with Gasteiger partial charge in [-0.3, -0.25) is 0 Å². The third kappa shape index (κ3) is 6.11. The number of hydrogen-bond acceptors (Lipinski definition) is 6. The first-order chi connectivity index (χ1) is 39.2. The first kappa shape index (κ1) is 43.7. The third-order valence-corrected chi connectivity index (χ3v) is 16.5. The van der Waals surface area contributed by atoms with Crippen molar-refractivity contribution >= 4 is 122 Å². The summed E-state index contributed by atoms with van der Waals surface area (Å²) in [5.74, 6) is 0. The van der Waals surface area contributed by atoms with E-state index in [2.05, 4.69) is 265 Å². The molecule has 0 fully saturated rings. The van der Waals surface area contributed by atoms with Crippen LogP contribution in [-0.2, 0) is 5.41 Å². The summed E-state index contributed by atoms with van der Waals surface area (Å²) in [6.45, 7) is 0. The molecule has 1 aliphatic rings. The molecule has 0 saturated carbocycles. The molecule has 0 amide bonds. The van der Waals surface area contributed by atoms with Crippen LogP contribution in [0.4, 0.5) is 34.1 Å². The van der Waals surface area contributed by atoms with E-state index in [9.17, 15) is 0 Å². The largest absolute Gasteiger partial charge is 0.455 e. The minimum Gasteiger partial charge on any atom is -0.455 e. The van der Waals surface area contributed by atoms with Crippen LogP contribution < -0.4 is 9.80 Å². The van der Waals surface area contributed by atoms with Gasteiger partial charge in [0.05, 0.1) is 38.9 Å². The van der Waals surface area contributed by atoms with Crippen LogP contribution in [0.25, 0.3) is 98.9 Å². The quantitative estimate of drug-likeness (QED) is 0.151. The lowest BCUT2D eigenvalue weighted by molar-refractivity contribution is 0.665. The van der Waals surface area contributed by atoms with E-state index in [-0.39, 0.29) is 0 Å². The zero-order chi connectivity index (χ0) is 51.8. The van der Waals surface area contributed by atoms with Crippen molar-refractivity contribution in [1.82, 2.24) is 0 Å². The second-order valence-corrected chi connectivity index (χ2v) is 20.6. The lowest BCUT2D eigenvalue weighted by Crippen LogP contribution is -2.29. The Labute approximate surface area is 452 Å². The van der Waals surface area contributed by atoms with E-state index in [1.807, 2.05) is 12.1 Å². The molecule has 0 N–H and O–H groups in total. The Hall–Kier alpha value is -10.6. The van der Waals surface area contributed by atoms with Gasteiger partial charge in [0.25, 0.3) is 0 Å². The molecule has 0 radical (unpaired) electrons. The molecule has 0 unspecified atom stereocenters. The molecule has 79 heavy (non-hydrogen) atoms. The van der Waals surface area contributed by atoms with Crippen LogP contribution >= 0.6 is 0 Å². The fraction of sp³-hybridized carbons (Fsp3) is 0.0137. The predicted octanol–water partition coefficient (Wildman–Crippen LogP) is 20.6. The van der Waals surface area contributed by atoms with E-state index in [0.29, 0.717) is 0 Å². The van der Waals surface area contributed by atoms with Gasteiger partial charge in [0.1, 0.15) is 33.5 Å². The van der Waals surface area contributed by atoms with Crippen molar-refractivity contribution in [2.24, 2.45) is 0 Å². The summed E-state index contributed by atoms with van der Waals surface area (Å²) in [6.07, 6.45) is 0. The summed E-state index contributed by atoms with van der Waals surface area (Å²) < 4.78 is 28.9. The molecule has 0 aliphatic heterocycles. The number of furan rings is 4. The molecule has 4 aromatic heterocycles. The highest BCUT2D eigenvalue weighted by atomic mass is 16.3. The number of fused-ring (bicyclic) bond motifs is 17. The smallest absolute Gasteiger partial charge is 0.159 e. The van der Waals surface area contributed by atoms with Crippen molar-refractivity contribution in [3.05, 3.63) is 289 Å². The van der Waals surface area contributed by atoms with Gasteiger partial charge in [-0.2, -0.15) is 0 Å². The molecule has 0 atom stereocenters. The molecule has 17 rings (SSSR count). The van der Waals surface area contributed by atoms with E-state index in [4.69, 9.17) is 17.7 Å². The van der Waals surface area contributed by atoms with Gasteiger partial charge >= 0.3 is 0 Å². The van der Waals surface area contributed by atoms with Gasteiger partial charge in [-0.15, -0.1) is 0 Å². The Morgan fingerprint density at radius 1 is 0.253 bits per heavy atom. The van der Waals surface area contributed by atoms with Crippen LogP contribution in [0.1, 0.15) is 22.3 Å². The first-order valence-corrected chi connectivity index (χ1v) is 26.8. The number of nitrogens with zero attached hydrogens (tertiary/aromatic N) is 2. The molecular formula is C73H44N2O4. The SMILES string of the molecule is c1ccc(N(c2cccc3c2oc2ccccc23)c2cc3c(c4oc5ccccc5c24)-c2c(cc(N(c4ccccc4)c4cccc5c4oc4ccccc45)c4c2oc2ccccc24)C3(c2ccccc2)c2ccccc2)cc1. The zero-order valence-corrected chi connectivity index (χ0v) is 42.4. The molecule has 6 nitrogen and oxygen atoms in total. The Balaban J connectivity index is 1.08. The van der Waals surface area contributed by atoms with Gasteiger partial charge < -0.3 is 27.5 Å². The van der Waals surface area contributed by atoms with Crippen molar-refractivity contribution in [3.8, 4) is 11.1 Å². The maximum Gasteiger partial charge on any atom is 0.159 e. The predicted molar refractivity (Wildman–Crippen MR) is 322 cm³/mol. The number of rotatable bonds is 8. The molecule has 0 spiro atoms. The monoisotopic (exact) mass is 1010 g/mol. The maximum atomic E-state index is 7.52. The van der Waals surface area contributed by atoms with Gasteiger partial charge in [0.2, 0.25) is 0 Å². The normalized spacial score (nSPS) is 12.9. The lowest BCUT2D eigenvalue weighted by atomic mass is 9.67. The van der Waals surface area contributed by atoms with Gasteiger partial charge in [0.15, 0.2) is 11.2 Å². The summed E-state index contributed by atoms with van der Waals surface area (Å²) in [7, 11) is 0. The number of anilines is 6. The highest BCUT2D eigenvalue weighted by molar-refractivity contribution is 6.26. The molecule has 0 saturated heterocycles. The minimum atomic E-state index is -0.960. The topological polar surface area (TPSA) is 59.0 Å². The van der Waals surface area contributed by atoms with E-state index in [1.54, 1.807) is 0 Å². The van der Waals surface area contributed by atoms with E-state index < -0.39 is 5.41 Å². The Morgan fingerprint density at radius 3 is 0.975 bits per heavy atom. The zero-order valence-electron chi connectivity index (χ0n) is 42.4. The standard InChI is InChI=1S/C73H44N2O4/c1-5-23-45(24-6-1)73(46-25-7-2-8-26-46)55-43-59(74(47-27-9-3-10-28-47)57-37-21-35-51-49-31-13-17-39-61(49)76-69(51)57)65-53-33-15-19-41-63(53)78-71(65)67(55)68-56(73)44-60(66-54-34-16-20-42-64(54)79-72(66)68)75(48-29-11-4-12-30-48)58-38-22-36-52-50-32-14-18-40-62(50)77-70(52)58/h1-44H. The van der Waals surface area contributed by atoms with Crippen molar-refractivity contribution in [1.29, 1.82) is 0 Å². The summed E-state index contributed by atoms with van der Waals surface area (Å²) in [6, 6.07) is 94.7. The molecule has 1 aliphatic carbocycles. The van der Waals surface area contributed by atoms with E-state index >= 15 is 0 Å². The number of para-hydroxylation sites is 8. The number of hydrogen-bond donors (Lipinski definition) is 0. The molecule has 370 valence electrons. The molecular weight excluding hydrogens is 969 g/mol. The van der Waals surface area contributed by atoms with Crippen LogP contribution in [0.2, 0.25) is 0 Å². The Kier molecular flexibility index (Phi) is 9.24. The van der Waals surface area contributed by atoms with Crippen molar-refractivity contribution in [2.75, 3.05) is 9.80 Å². The molecule has 4 heterocycles. The van der Waals surface area contributed by atoms with E-state index in [1.165, 1.54) is 0 Å². The molecule has 12 aromatic carbocycles. The lowest BCUT2D eigenvalue weighted by Gasteiger charge is -2.36. The van der Waals surface area contributed by atoms with Crippen molar-refractivity contribution in [2.45, 2.75) is 5.41 Å². The van der Waals surface area contributed by atoms with Crippen molar-refractivity contribution < 1.29 is 17.7 Å². The molecule has 16 aromatic rings. The summed E-state index contributed by atoms with van der Waals surface area (Å²) >= 11 is 0. The minimum absolute atomic E-state index is 0.767. The molecule has 6 heteroatoms. The van der Waals surface area contributed by atoms with Gasteiger partial charge in [-0.1, -0.05) is 194 Å². The van der Waals surface area contributed by atoms with Gasteiger partial charge in [-0.05, 0) is 95.1 Å². The maximum absolute atomic E-state index is 7.52. The highest BCUT2D eigenvalue weighted by Crippen LogP contribution is 2.65. The highest BCUT2D eigenvalue weighted by Gasteiger charge is 2.51. The number of benzene rings is 12. The Bertz CT molecular complexity index is 4770. The van der Waals surface area contributed by atoms with E-state index in [0.717, 1.165) is 155 Å². The van der Waals surface area contributed by atoms with Crippen LogP contribution in [-0.4, -0.2) is 0 Å². The Morgan fingerprint density at radius 2 is 0.570 bits per heavy atom. The fourth-order valence-corrected chi connectivity index (χ4v) is 13.3. The summed E-state index contributed by atoms with van der Waals surface area (Å²) in [4.78, 5) is 4.76. The van der Waals surface area contributed by atoms with Crippen molar-refractivity contribution in [3.63, 3.8) is 0 Å².